The lowest BCUT2D eigenvalue weighted by atomic mass is 9.93. The van der Waals surface area contributed by atoms with Gasteiger partial charge in [-0.2, -0.15) is 4.73 Å². The van der Waals surface area contributed by atoms with E-state index in [4.69, 9.17) is 11.6 Å². The monoisotopic (exact) mass is 551 g/mol. The number of aromatic nitrogens is 2. The van der Waals surface area contributed by atoms with Crippen LogP contribution in [0.5, 0.6) is 0 Å². The smallest absolute Gasteiger partial charge is 0.268 e. The van der Waals surface area contributed by atoms with Gasteiger partial charge in [0.1, 0.15) is 17.6 Å². The van der Waals surface area contributed by atoms with Crippen molar-refractivity contribution in [2.75, 3.05) is 18.9 Å². The highest BCUT2D eigenvalue weighted by molar-refractivity contribution is 6.33. The third-order valence-corrected chi connectivity index (χ3v) is 8.87. The zero-order chi connectivity index (χ0) is 27.4. The number of benzene rings is 1. The second-order valence-corrected chi connectivity index (χ2v) is 11.6. The minimum absolute atomic E-state index is 0.0296. The van der Waals surface area contributed by atoms with E-state index >= 15 is 4.39 Å². The Morgan fingerprint density at radius 1 is 1.13 bits per heavy atom. The van der Waals surface area contributed by atoms with Crippen molar-refractivity contribution in [2.24, 2.45) is 17.8 Å². The lowest BCUT2D eigenvalue weighted by molar-refractivity contribution is -0.611. The molecule has 3 unspecified atom stereocenters. The summed E-state index contributed by atoms with van der Waals surface area (Å²) < 4.78 is 17.9. The zero-order valence-electron chi connectivity index (χ0n) is 21.9. The molecule has 3 aliphatic rings. The minimum atomic E-state index is -0.726. The summed E-state index contributed by atoms with van der Waals surface area (Å²) in [6, 6.07) is 8.78. The van der Waals surface area contributed by atoms with E-state index in [-0.39, 0.29) is 39.7 Å². The quantitative estimate of drug-likeness (QED) is 0.356. The minimum Gasteiger partial charge on any atom is -0.618 e. The van der Waals surface area contributed by atoms with Gasteiger partial charge in [0.2, 0.25) is 5.91 Å². The Balaban J connectivity index is 1.22. The first-order valence-electron chi connectivity index (χ1n) is 13.4. The van der Waals surface area contributed by atoms with Gasteiger partial charge in [-0.1, -0.05) is 11.6 Å². The first-order valence-corrected chi connectivity index (χ1v) is 13.7. The van der Waals surface area contributed by atoms with Crippen LogP contribution in [0.2, 0.25) is 5.02 Å². The fourth-order valence-electron chi connectivity index (χ4n) is 6.33. The molecule has 2 amide bonds. The molecule has 1 aliphatic heterocycles. The molecule has 3 aromatic rings. The Bertz CT molecular complexity index is 1460. The van der Waals surface area contributed by atoms with Crippen molar-refractivity contribution in [1.82, 2.24) is 14.8 Å². The maximum atomic E-state index is 15.2. The fraction of sp³-hybridized carbons (Fsp3) is 0.414. The largest absolute Gasteiger partial charge is 0.618 e. The van der Waals surface area contributed by atoms with Gasteiger partial charge in [-0.15, -0.1) is 0 Å². The standard InChI is InChI=1S/C29H31ClFN5O3/c1-16-26(23(30)7-8-36(16)39)22-5-3-20(14-24(22)31)32-29(38)27(19-12-17-11-18(17)13-19)33-28(37)25-6-4-21-15-34(2)9-10-35(21)25/h3-8,14,17-19,27H,9-13,15H2,1-2H3,(H,32,38)(H,33,37). The third kappa shape index (κ3) is 4.89. The highest BCUT2D eigenvalue weighted by atomic mass is 35.5. The van der Waals surface area contributed by atoms with Crippen LogP contribution < -0.4 is 15.4 Å². The average molecular weight is 552 g/mol. The molecule has 204 valence electrons. The van der Waals surface area contributed by atoms with Crippen molar-refractivity contribution in [2.45, 2.75) is 45.3 Å². The molecule has 2 saturated carbocycles. The fourth-order valence-corrected chi connectivity index (χ4v) is 6.63. The SMILES string of the molecule is Cc1c(-c2ccc(NC(=O)C(NC(=O)c3ccc4n3CCN(C)C4)C3CC4CC4C3)cc2F)c(Cl)cc[n+]1[O-]. The van der Waals surface area contributed by atoms with Gasteiger partial charge < -0.3 is 20.4 Å². The van der Waals surface area contributed by atoms with Gasteiger partial charge in [-0.3, -0.25) is 14.5 Å². The average Bonchev–Trinajstić information content (AvgIpc) is 3.29. The first-order chi connectivity index (χ1) is 18.7. The van der Waals surface area contributed by atoms with Gasteiger partial charge in [0.15, 0.2) is 11.9 Å². The Kier molecular flexibility index (Phi) is 6.59. The van der Waals surface area contributed by atoms with Gasteiger partial charge >= 0.3 is 0 Å². The van der Waals surface area contributed by atoms with E-state index in [1.54, 1.807) is 13.0 Å². The number of anilines is 1. The van der Waals surface area contributed by atoms with Crippen LogP contribution in [0.4, 0.5) is 10.1 Å². The van der Waals surface area contributed by atoms with Crippen LogP contribution in [0.25, 0.3) is 11.1 Å². The van der Waals surface area contributed by atoms with Gasteiger partial charge in [-0.25, -0.2) is 4.39 Å². The predicted molar refractivity (Wildman–Crippen MR) is 146 cm³/mol. The third-order valence-electron chi connectivity index (χ3n) is 8.55. The maximum Gasteiger partial charge on any atom is 0.268 e. The number of nitrogens with one attached hydrogen (secondary N) is 2. The van der Waals surface area contributed by atoms with Crippen LogP contribution in [-0.2, 0) is 17.9 Å². The number of amides is 2. The Labute approximate surface area is 231 Å². The first kappa shape index (κ1) is 25.8. The molecule has 2 N–H and O–H groups in total. The topological polar surface area (TPSA) is 93.3 Å². The number of carbonyl (C=O) groups excluding carboxylic acids is 2. The number of halogens is 2. The number of carbonyl (C=O) groups is 2. The molecule has 2 aliphatic carbocycles. The van der Waals surface area contributed by atoms with Crippen LogP contribution in [-0.4, -0.2) is 40.9 Å². The van der Waals surface area contributed by atoms with Crippen LogP contribution in [0.1, 0.15) is 41.1 Å². The van der Waals surface area contributed by atoms with Gasteiger partial charge in [0.25, 0.3) is 5.91 Å². The van der Waals surface area contributed by atoms with Gasteiger partial charge in [-0.05, 0) is 74.4 Å². The van der Waals surface area contributed by atoms with E-state index in [1.807, 2.05) is 23.7 Å². The summed E-state index contributed by atoms with van der Waals surface area (Å²) in [5.41, 5.74) is 2.65. The molecule has 0 bridgehead atoms. The van der Waals surface area contributed by atoms with Crippen LogP contribution >= 0.6 is 11.6 Å². The molecule has 3 heterocycles. The number of pyridine rings is 1. The van der Waals surface area contributed by atoms with E-state index in [2.05, 4.69) is 15.5 Å². The Morgan fingerprint density at radius 3 is 2.64 bits per heavy atom. The molecule has 39 heavy (non-hydrogen) atoms. The van der Waals surface area contributed by atoms with Crippen molar-refractivity contribution in [3.8, 4) is 11.1 Å². The summed E-state index contributed by atoms with van der Waals surface area (Å²) in [5, 5.41) is 18.1. The molecule has 0 radical (unpaired) electrons. The van der Waals surface area contributed by atoms with Crippen LogP contribution in [0, 0.1) is 35.7 Å². The molecular formula is C29H31ClFN5O3. The van der Waals surface area contributed by atoms with Crippen molar-refractivity contribution in [3.63, 3.8) is 0 Å². The number of nitrogens with zero attached hydrogens (tertiary/aromatic N) is 3. The summed E-state index contributed by atoms with van der Waals surface area (Å²) in [6.07, 6.45) is 4.26. The van der Waals surface area contributed by atoms with Crippen molar-refractivity contribution >= 4 is 29.1 Å². The molecule has 0 saturated heterocycles. The molecule has 3 atom stereocenters. The Hall–Kier alpha value is -3.43. The molecule has 2 aromatic heterocycles. The normalized spacial score (nSPS) is 22.6. The second kappa shape index (κ2) is 9.95. The summed E-state index contributed by atoms with van der Waals surface area (Å²) in [4.78, 5) is 29.1. The molecule has 0 spiro atoms. The van der Waals surface area contributed by atoms with Crippen LogP contribution in [0.3, 0.4) is 0 Å². The lowest BCUT2D eigenvalue weighted by Crippen LogP contribution is -2.49. The highest BCUT2D eigenvalue weighted by Crippen LogP contribution is 2.55. The van der Waals surface area contributed by atoms with Crippen LogP contribution in [0.15, 0.2) is 42.6 Å². The number of hydrogen-bond donors (Lipinski definition) is 2. The summed E-state index contributed by atoms with van der Waals surface area (Å²) in [5.74, 6) is 0.0290. The van der Waals surface area contributed by atoms with Crippen molar-refractivity contribution in [3.05, 3.63) is 75.7 Å². The van der Waals surface area contributed by atoms with Gasteiger partial charge in [0.05, 0.1) is 10.6 Å². The molecule has 1 aromatic carbocycles. The summed E-state index contributed by atoms with van der Waals surface area (Å²) >= 11 is 6.27. The van der Waals surface area contributed by atoms with Gasteiger partial charge in [0, 0.05) is 49.6 Å². The number of hydrogen-bond acceptors (Lipinski definition) is 4. The molecule has 2 fully saturated rings. The second-order valence-electron chi connectivity index (χ2n) is 11.2. The van der Waals surface area contributed by atoms with E-state index in [0.717, 1.165) is 38.2 Å². The lowest BCUT2D eigenvalue weighted by Gasteiger charge is -2.28. The van der Waals surface area contributed by atoms with E-state index in [0.29, 0.717) is 27.8 Å². The number of likely N-dealkylation sites (N-methyl/N-ethyl adjacent to an activating group) is 1. The van der Waals surface area contributed by atoms with E-state index in [1.165, 1.54) is 30.8 Å². The van der Waals surface area contributed by atoms with Crippen molar-refractivity contribution in [1.29, 1.82) is 0 Å². The Morgan fingerprint density at radius 2 is 1.90 bits per heavy atom. The number of fused-ring (bicyclic) bond motifs is 2. The molecule has 8 nitrogen and oxygen atoms in total. The highest BCUT2D eigenvalue weighted by Gasteiger charge is 2.49. The molecule has 6 rings (SSSR count). The van der Waals surface area contributed by atoms with E-state index < -0.39 is 11.9 Å². The predicted octanol–water partition coefficient (Wildman–Crippen LogP) is 4.12. The maximum absolute atomic E-state index is 15.2. The zero-order valence-corrected chi connectivity index (χ0v) is 22.7. The van der Waals surface area contributed by atoms with E-state index in [9.17, 15) is 14.8 Å². The van der Waals surface area contributed by atoms with Crippen molar-refractivity contribution < 1.29 is 18.7 Å². The molecule has 10 heteroatoms. The molecular weight excluding hydrogens is 521 g/mol. The summed E-state index contributed by atoms with van der Waals surface area (Å²) in [7, 11) is 2.05. The summed E-state index contributed by atoms with van der Waals surface area (Å²) in [6.45, 7) is 3.91. The number of rotatable bonds is 6.